The van der Waals surface area contributed by atoms with Gasteiger partial charge in [0.1, 0.15) is 17.1 Å². The predicted octanol–water partition coefficient (Wildman–Crippen LogP) is 5.54. The molecule has 1 N–H and O–H groups in total. The first-order valence-electron chi connectivity index (χ1n) is 10.2. The summed E-state index contributed by atoms with van der Waals surface area (Å²) in [6.45, 7) is 9.24. The third-order valence-electron chi connectivity index (χ3n) is 5.35. The van der Waals surface area contributed by atoms with Crippen LogP contribution >= 0.6 is 0 Å². The first-order valence-corrected chi connectivity index (χ1v) is 10.2. The molecule has 1 unspecified atom stereocenters. The molecule has 0 fully saturated rings. The van der Waals surface area contributed by atoms with E-state index in [1.807, 2.05) is 19.1 Å². The number of carboxylic acid groups (broad SMARTS) is 1. The molecule has 5 nitrogen and oxygen atoms in total. The molecule has 1 aliphatic rings. The van der Waals surface area contributed by atoms with E-state index in [1.54, 1.807) is 13.0 Å². The van der Waals surface area contributed by atoms with Crippen LogP contribution < -0.4 is 9.47 Å². The van der Waals surface area contributed by atoms with Gasteiger partial charge < -0.3 is 14.6 Å². The Hall–Kier alpha value is -2.56. The number of carbonyl (C=O) groups is 2. The van der Waals surface area contributed by atoms with Gasteiger partial charge in [0.2, 0.25) is 0 Å². The van der Waals surface area contributed by atoms with E-state index in [0.717, 1.165) is 55.4 Å². The Morgan fingerprint density at radius 2 is 1.93 bits per heavy atom. The molecular weight excluding hydrogens is 368 g/mol. The number of ether oxygens (including phenoxy) is 2. The maximum Gasteiger partial charge on any atom is 0.330 e. The Labute approximate surface area is 173 Å². The van der Waals surface area contributed by atoms with Crippen molar-refractivity contribution in [2.75, 3.05) is 0 Å². The number of esters is 1. The van der Waals surface area contributed by atoms with Gasteiger partial charge in [-0.15, -0.1) is 0 Å². The minimum Gasteiger partial charge on any atom is -0.487 e. The minimum absolute atomic E-state index is 0.225. The van der Waals surface area contributed by atoms with Crippen LogP contribution in [0.25, 0.3) is 0 Å². The van der Waals surface area contributed by atoms with Crippen LogP contribution in [-0.2, 0) is 16.0 Å². The Kier molecular flexibility index (Phi) is 7.66. The lowest BCUT2D eigenvalue weighted by molar-refractivity contribution is -0.133. The van der Waals surface area contributed by atoms with Crippen molar-refractivity contribution in [2.45, 2.75) is 78.7 Å². The number of fused-ring (bicyclic) bond motifs is 1. The largest absolute Gasteiger partial charge is 0.487 e. The van der Waals surface area contributed by atoms with Gasteiger partial charge in [-0.3, -0.25) is 4.79 Å². The molecule has 1 atom stereocenters. The third-order valence-corrected chi connectivity index (χ3v) is 5.35. The number of aliphatic carboxylic acids is 1. The molecule has 0 saturated carbocycles. The van der Waals surface area contributed by atoms with Gasteiger partial charge in [-0.05, 0) is 89.5 Å². The van der Waals surface area contributed by atoms with Gasteiger partial charge in [0.15, 0.2) is 0 Å². The van der Waals surface area contributed by atoms with Gasteiger partial charge in [-0.25, -0.2) is 4.79 Å². The van der Waals surface area contributed by atoms with Crippen LogP contribution in [0.3, 0.4) is 0 Å². The summed E-state index contributed by atoms with van der Waals surface area (Å²) in [5.41, 5.74) is 3.51. The fourth-order valence-corrected chi connectivity index (χ4v) is 3.57. The van der Waals surface area contributed by atoms with Crippen molar-refractivity contribution in [3.05, 3.63) is 46.6 Å². The maximum absolute atomic E-state index is 11.2. The fraction of sp³-hybridized carbons (Fsp3) is 0.500. The standard InChI is InChI=1S/C24H32O5/c1-16(8-6-10-17(2)23(26)27)9-7-12-24(5)13-11-20-15-21(28-19(4)25)14-18(3)22(20)29-24/h9-10,14-15H,6-8,11-13H2,1-5H3,(H,26,27)/b16-9+,17-10-. The summed E-state index contributed by atoms with van der Waals surface area (Å²) in [7, 11) is 0. The Morgan fingerprint density at radius 1 is 1.21 bits per heavy atom. The number of hydrogen-bond acceptors (Lipinski definition) is 4. The molecule has 0 bridgehead atoms. The molecule has 0 amide bonds. The molecule has 0 saturated heterocycles. The summed E-state index contributed by atoms with van der Waals surface area (Å²) < 4.78 is 11.6. The SMILES string of the molecule is CC(=O)Oc1cc(C)c2c(c1)CCC(C)(CC/C=C(\C)CC/C=C(/C)C(=O)O)O2. The molecule has 0 radical (unpaired) electrons. The number of rotatable bonds is 8. The lowest BCUT2D eigenvalue weighted by atomic mass is 9.87. The van der Waals surface area contributed by atoms with E-state index in [9.17, 15) is 9.59 Å². The van der Waals surface area contributed by atoms with Crippen LogP contribution in [0.4, 0.5) is 0 Å². The summed E-state index contributed by atoms with van der Waals surface area (Å²) in [6.07, 6.45) is 9.25. The smallest absolute Gasteiger partial charge is 0.330 e. The fourth-order valence-electron chi connectivity index (χ4n) is 3.57. The van der Waals surface area contributed by atoms with E-state index in [0.29, 0.717) is 11.3 Å². The number of hydrogen-bond donors (Lipinski definition) is 1. The number of allylic oxidation sites excluding steroid dienone is 3. The lowest BCUT2D eigenvalue weighted by Crippen LogP contribution is -2.36. The summed E-state index contributed by atoms with van der Waals surface area (Å²) in [4.78, 5) is 22.0. The molecular formula is C24H32O5. The van der Waals surface area contributed by atoms with Crippen molar-refractivity contribution in [1.82, 2.24) is 0 Å². The molecule has 1 aromatic carbocycles. The third kappa shape index (κ3) is 6.77. The summed E-state index contributed by atoms with van der Waals surface area (Å²) in [5.74, 6) is 0.308. The summed E-state index contributed by atoms with van der Waals surface area (Å²) in [5, 5.41) is 8.89. The summed E-state index contributed by atoms with van der Waals surface area (Å²) in [6, 6.07) is 3.75. The molecule has 0 spiro atoms. The highest BCUT2D eigenvalue weighted by atomic mass is 16.5. The second kappa shape index (κ2) is 9.77. The molecule has 2 rings (SSSR count). The van der Waals surface area contributed by atoms with E-state index in [2.05, 4.69) is 19.9 Å². The van der Waals surface area contributed by atoms with E-state index in [4.69, 9.17) is 14.6 Å². The van der Waals surface area contributed by atoms with E-state index >= 15 is 0 Å². The van der Waals surface area contributed by atoms with Gasteiger partial charge in [0.05, 0.1) is 0 Å². The summed E-state index contributed by atoms with van der Waals surface area (Å²) >= 11 is 0. The highest BCUT2D eigenvalue weighted by molar-refractivity contribution is 5.85. The van der Waals surface area contributed by atoms with Gasteiger partial charge in [-0.2, -0.15) is 0 Å². The Balaban J connectivity index is 1.94. The quantitative estimate of drug-likeness (QED) is 0.268. The van der Waals surface area contributed by atoms with Gasteiger partial charge >= 0.3 is 11.9 Å². The number of carboxylic acids is 1. The van der Waals surface area contributed by atoms with Crippen molar-refractivity contribution in [3.8, 4) is 11.5 Å². The predicted molar refractivity (Wildman–Crippen MR) is 113 cm³/mol. The van der Waals surface area contributed by atoms with Crippen molar-refractivity contribution >= 4 is 11.9 Å². The highest BCUT2D eigenvalue weighted by Crippen LogP contribution is 2.40. The van der Waals surface area contributed by atoms with E-state index < -0.39 is 5.97 Å². The number of benzene rings is 1. The second-order valence-electron chi connectivity index (χ2n) is 8.19. The lowest BCUT2D eigenvalue weighted by Gasteiger charge is -2.37. The van der Waals surface area contributed by atoms with Gasteiger partial charge in [-0.1, -0.05) is 17.7 Å². The van der Waals surface area contributed by atoms with Crippen LogP contribution in [0, 0.1) is 6.92 Å². The number of aryl methyl sites for hydroxylation is 2. The monoisotopic (exact) mass is 400 g/mol. The van der Waals surface area contributed by atoms with Crippen LogP contribution in [0.2, 0.25) is 0 Å². The van der Waals surface area contributed by atoms with Gasteiger partial charge in [0, 0.05) is 12.5 Å². The molecule has 1 heterocycles. The van der Waals surface area contributed by atoms with Crippen molar-refractivity contribution in [1.29, 1.82) is 0 Å². The topological polar surface area (TPSA) is 72.8 Å². The molecule has 29 heavy (non-hydrogen) atoms. The molecule has 1 aromatic rings. The van der Waals surface area contributed by atoms with Crippen molar-refractivity contribution in [3.63, 3.8) is 0 Å². The van der Waals surface area contributed by atoms with E-state index in [-0.39, 0.29) is 11.6 Å². The van der Waals surface area contributed by atoms with Gasteiger partial charge in [0.25, 0.3) is 0 Å². The van der Waals surface area contributed by atoms with Crippen LogP contribution in [0.15, 0.2) is 35.4 Å². The normalized spacial score (nSPS) is 19.3. The molecule has 0 aliphatic carbocycles. The maximum atomic E-state index is 11.2. The van der Waals surface area contributed by atoms with Crippen LogP contribution in [0.1, 0.15) is 70.9 Å². The molecule has 1 aliphatic heterocycles. The zero-order chi connectivity index (χ0) is 21.6. The number of carbonyl (C=O) groups excluding carboxylic acids is 1. The van der Waals surface area contributed by atoms with Crippen molar-refractivity contribution in [2.24, 2.45) is 0 Å². The second-order valence-corrected chi connectivity index (χ2v) is 8.19. The van der Waals surface area contributed by atoms with Crippen molar-refractivity contribution < 1.29 is 24.2 Å². The average Bonchev–Trinajstić information content (AvgIpc) is 2.62. The minimum atomic E-state index is -0.857. The first kappa shape index (κ1) is 22.7. The Morgan fingerprint density at radius 3 is 2.59 bits per heavy atom. The first-order chi connectivity index (χ1) is 13.6. The van der Waals surface area contributed by atoms with E-state index in [1.165, 1.54) is 12.5 Å². The zero-order valence-corrected chi connectivity index (χ0v) is 18.1. The Bertz CT molecular complexity index is 834. The molecule has 158 valence electrons. The van der Waals surface area contributed by atoms with Crippen LogP contribution in [0.5, 0.6) is 11.5 Å². The molecule has 0 aromatic heterocycles. The zero-order valence-electron chi connectivity index (χ0n) is 18.1. The highest BCUT2D eigenvalue weighted by Gasteiger charge is 2.32. The average molecular weight is 401 g/mol. The van der Waals surface area contributed by atoms with Crippen LogP contribution in [-0.4, -0.2) is 22.6 Å². The molecule has 5 heteroatoms.